The second-order valence-electron chi connectivity index (χ2n) is 16.1. The van der Waals surface area contributed by atoms with E-state index in [-0.39, 0.29) is 29.6 Å². The van der Waals surface area contributed by atoms with E-state index in [1.807, 2.05) is 50.9 Å². The van der Waals surface area contributed by atoms with Gasteiger partial charge in [0.25, 0.3) is 5.91 Å². The van der Waals surface area contributed by atoms with Gasteiger partial charge in [0.1, 0.15) is 11.4 Å². The van der Waals surface area contributed by atoms with Crippen LogP contribution in [0, 0.1) is 5.82 Å². The molecule has 6 rings (SSSR count). The fraction of sp³-hybridized carbons (Fsp3) is 0.347. The molecule has 2 unspecified atom stereocenters. The number of carbonyl (C=O) groups excluding carboxylic acids is 2. The molecule has 10 heteroatoms. The molecule has 1 aliphatic heterocycles. The molecule has 1 fully saturated rings. The lowest BCUT2D eigenvalue weighted by molar-refractivity contribution is 0.0577. The van der Waals surface area contributed by atoms with Crippen molar-refractivity contribution in [3.8, 4) is 0 Å². The second kappa shape index (κ2) is 20.6. The minimum atomic E-state index is -0.752. The molecule has 0 saturated carbocycles. The zero-order valence-electron chi connectivity index (χ0n) is 34.4. The molecule has 2 amide bonds. The smallest absolute Gasteiger partial charge is 0.414 e. The van der Waals surface area contributed by atoms with Gasteiger partial charge < -0.3 is 20.5 Å². The van der Waals surface area contributed by atoms with Crippen LogP contribution in [-0.4, -0.2) is 71.7 Å². The first-order chi connectivity index (χ1) is 28.5. The van der Waals surface area contributed by atoms with Crippen molar-refractivity contribution in [2.45, 2.75) is 74.1 Å². The van der Waals surface area contributed by atoms with Gasteiger partial charge in [0.15, 0.2) is 0 Å². The van der Waals surface area contributed by atoms with Gasteiger partial charge in [0.2, 0.25) is 0 Å². The van der Waals surface area contributed by atoms with E-state index >= 15 is 0 Å². The lowest BCUT2D eigenvalue weighted by Gasteiger charge is -2.37. The molecule has 1 aliphatic rings. The Labute approximate surface area is 357 Å². The number of nitrogens with zero attached hydrogens (tertiary/aromatic N) is 1. The van der Waals surface area contributed by atoms with Crippen molar-refractivity contribution >= 4 is 41.2 Å². The standard InChI is InChI=1S/C49H56FN3O4S2/c1-48(2,3)57-47(56)53(43-27-24-36(23-20-35-21-25-40(50)26-22-35)45(31-43)46(55)52-41(34-54)28-29-58-4)33-42-30-44(32-51-42)59-49(37-14-8-5-9-15-37,38-16-10-6-11-17-38)39-18-12-7-13-19-39/h5-19,21-22,24-27,31,41-42,44,51,54H,20,23,28-30,32-34H2,1-4H3,(H,52,55)/t41-,42?,44?/m0/s1. The van der Waals surface area contributed by atoms with Crippen molar-refractivity contribution in [3.05, 3.63) is 173 Å². The molecule has 59 heavy (non-hydrogen) atoms. The number of aliphatic hydroxyl groups excluding tert-OH is 1. The Kier molecular flexibility index (Phi) is 15.3. The van der Waals surface area contributed by atoms with Gasteiger partial charge in [-0.25, -0.2) is 9.18 Å². The Balaban J connectivity index is 1.31. The number of ether oxygens (including phenoxy) is 1. The summed E-state index contributed by atoms with van der Waals surface area (Å²) in [4.78, 5) is 29.9. The van der Waals surface area contributed by atoms with Gasteiger partial charge >= 0.3 is 6.09 Å². The highest BCUT2D eigenvalue weighted by Crippen LogP contribution is 2.51. The Bertz CT molecular complexity index is 2000. The van der Waals surface area contributed by atoms with E-state index in [1.54, 1.807) is 34.9 Å². The van der Waals surface area contributed by atoms with Crippen LogP contribution in [0.2, 0.25) is 0 Å². The van der Waals surface area contributed by atoms with Crippen molar-refractivity contribution in [1.82, 2.24) is 10.6 Å². The number of carbonyl (C=O) groups is 2. The third kappa shape index (κ3) is 11.6. The summed E-state index contributed by atoms with van der Waals surface area (Å²) in [6.07, 6.45) is 4.00. The minimum absolute atomic E-state index is 0.0687. The number of hydrogen-bond acceptors (Lipinski definition) is 7. The van der Waals surface area contributed by atoms with E-state index in [2.05, 4.69) is 102 Å². The highest BCUT2D eigenvalue weighted by atomic mass is 32.2. The quantitative estimate of drug-likeness (QED) is 0.0805. The number of thioether (sulfide) groups is 2. The molecule has 3 N–H and O–H groups in total. The maximum atomic E-state index is 14.2. The molecule has 0 radical (unpaired) electrons. The maximum absolute atomic E-state index is 14.2. The molecule has 7 nitrogen and oxygen atoms in total. The van der Waals surface area contributed by atoms with Gasteiger partial charge in [-0.05, 0) is 111 Å². The second-order valence-corrected chi connectivity index (χ2v) is 18.6. The van der Waals surface area contributed by atoms with Gasteiger partial charge in [0.05, 0.1) is 17.4 Å². The molecule has 0 bridgehead atoms. The van der Waals surface area contributed by atoms with Crippen molar-refractivity contribution in [2.75, 3.05) is 36.6 Å². The van der Waals surface area contributed by atoms with Crippen LogP contribution >= 0.6 is 23.5 Å². The van der Waals surface area contributed by atoms with Gasteiger partial charge in [-0.15, -0.1) is 11.8 Å². The van der Waals surface area contributed by atoms with E-state index in [9.17, 15) is 19.1 Å². The van der Waals surface area contributed by atoms with E-state index in [0.717, 1.165) is 29.8 Å². The first kappa shape index (κ1) is 44.0. The molecule has 0 spiro atoms. The van der Waals surface area contributed by atoms with Crippen LogP contribution in [0.15, 0.2) is 133 Å². The Morgan fingerprint density at radius 2 is 1.46 bits per heavy atom. The number of halogens is 1. The summed E-state index contributed by atoms with van der Waals surface area (Å²) in [5.41, 5.74) is 5.54. The van der Waals surface area contributed by atoms with E-state index in [0.29, 0.717) is 37.1 Å². The molecule has 1 heterocycles. The number of benzene rings is 5. The van der Waals surface area contributed by atoms with Crippen LogP contribution in [0.4, 0.5) is 14.9 Å². The average molecular weight is 834 g/mol. The number of aliphatic hydroxyl groups is 1. The first-order valence-electron chi connectivity index (χ1n) is 20.4. The molecule has 5 aromatic carbocycles. The van der Waals surface area contributed by atoms with Gasteiger partial charge in [0, 0.05) is 35.6 Å². The van der Waals surface area contributed by atoms with Crippen molar-refractivity contribution in [1.29, 1.82) is 0 Å². The van der Waals surface area contributed by atoms with Crippen molar-refractivity contribution < 1.29 is 23.8 Å². The normalized spacial score (nSPS) is 16.0. The number of hydrogen-bond donors (Lipinski definition) is 3. The maximum Gasteiger partial charge on any atom is 0.414 e. The largest absolute Gasteiger partial charge is 0.443 e. The summed E-state index contributed by atoms with van der Waals surface area (Å²) in [7, 11) is 0. The summed E-state index contributed by atoms with van der Waals surface area (Å²) in [6.45, 7) is 6.42. The fourth-order valence-electron chi connectivity index (χ4n) is 7.63. The minimum Gasteiger partial charge on any atom is -0.443 e. The first-order valence-corrected chi connectivity index (χ1v) is 22.6. The van der Waals surface area contributed by atoms with Crippen LogP contribution in [0.25, 0.3) is 0 Å². The Morgan fingerprint density at radius 3 is 2.00 bits per heavy atom. The zero-order valence-corrected chi connectivity index (χ0v) is 36.0. The van der Waals surface area contributed by atoms with Crippen LogP contribution in [0.5, 0.6) is 0 Å². The van der Waals surface area contributed by atoms with Crippen LogP contribution in [0.1, 0.15) is 71.8 Å². The molecule has 1 saturated heterocycles. The third-order valence-electron chi connectivity index (χ3n) is 10.6. The molecular formula is C49H56FN3O4S2. The topological polar surface area (TPSA) is 90.9 Å². The lowest BCUT2D eigenvalue weighted by Crippen LogP contribution is -2.44. The molecular weight excluding hydrogens is 778 g/mol. The third-order valence-corrected chi connectivity index (χ3v) is 13.0. The van der Waals surface area contributed by atoms with Crippen LogP contribution in [0.3, 0.4) is 0 Å². The number of amides is 2. The number of rotatable bonds is 17. The number of nitrogens with one attached hydrogen (secondary N) is 2. The fourth-order valence-corrected chi connectivity index (χ4v) is 9.98. The van der Waals surface area contributed by atoms with E-state index in [4.69, 9.17) is 4.74 Å². The van der Waals surface area contributed by atoms with Crippen molar-refractivity contribution in [2.24, 2.45) is 0 Å². The Hall–Kier alpha value is -4.61. The summed E-state index contributed by atoms with van der Waals surface area (Å²) < 4.78 is 19.2. The lowest BCUT2D eigenvalue weighted by atomic mass is 9.84. The highest BCUT2D eigenvalue weighted by Gasteiger charge is 2.42. The average Bonchev–Trinajstić information content (AvgIpc) is 3.70. The van der Waals surface area contributed by atoms with E-state index < -0.39 is 22.5 Å². The van der Waals surface area contributed by atoms with E-state index in [1.165, 1.54) is 28.8 Å². The van der Waals surface area contributed by atoms with Crippen LogP contribution in [-0.2, 0) is 22.3 Å². The molecule has 0 aliphatic carbocycles. The monoisotopic (exact) mass is 833 g/mol. The molecule has 3 atom stereocenters. The predicted octanol–water partition coefficient (Wildman–Crippen LogP) is 9.65. The summed E-state index contributed by atoms with van der Waals surface area (Å²) in [5, 5.41) is 17.1. The van der Waals surface area contributed by atoms with Gasteiger partial charge in [-0.2, -0.15) is 11.8 Å². The predicted molar refractivity (Wildman–Crippen MR) is 242 cm³/mol. The SMILES string of the molecule is CSCC[C@@H](CO)NC(=O)c1cc(N(CC2CC(SC(c3ccccc3)(c3ccccc3)c3ccccc3)CN2)C(=O)OC(C)(C)C)ccc1CCc1ccc(F)cc1. The number of aryl methyl sites for hydroxylation is 2. The molecule has 310 valence electrons. The molecule has 0 aromatic heterocycles. The number of anilines is 1. The molecule has 5 aromatic rings. The van der Waals surface area contributed by atoms with Gasteiger partial charge in [-0.1, -0.05) is 109 Å². The summed E-state index contributed by atoms with van der Waals surface area (Å²) in [6, 6.07) is 43.4. The van der Waals surface area contributed by atoms with Crippen LogP contribution < -0.4 is 15.5 Å². The zero-order chi connectivity index (χ0) is 41.8. The Morgan fingerprint density at radius 1 is 0.864 bits per heavy atom. The van der Waals surface area contributed by atoms with Crippen molar-refractivity contribution in [3.63, 3.8) is 0 Å². The summed E-state index contributed by atoms with van der Waals surface area (Å²) in [5.74, 6) is 0.164. The van der Waals surface area contributed by atoms with Gasteiger partial charge in [-0.3, -0.25) is 9.69 Å². The summed E-state index contributed by atoms with van der Waals surface area (Å²) >= 11 is 3.59. The highest BCUT2D eigenvalue weighted by molar-refractivity contribution is 8.01.